The molecule has 2 heterocycles. The van der Waals surface area contributed by atoms with Gasteiger partial charge in [-0.05, 0) is 36.4 Å². The molecule has 0 amide bonds. The van der Waals surface area contributed by atoms with Crippen LogP contribution in [-0.2, 0) is 10.0 Å². The number of pyridine rings is 1. The lowest BCUT2D eigenvalue weighted by atomic mass is 10.3. The van der Waals surface area contributed by atoms with E-state index in [1.165, 1.54) is 4.31 Å². The molecule has 0 atom stereocenters. The molecule has 0 aliphatic carbocycles. The third kappa shape index (κ3) is 2.90. The fraction of sp³-hybridized carbons (Fsp3) is 0.267. The number of sulfonamides is 1. The van der Waals surface area contributed by atoms with Crippen LogP contribution in [-0.4, -0.2) is 43.9 Å². The van der Waals surface area contributed by atoms with Gasteiger partial charge in [0.1, 0.15) is 0 Å². The molecule has 6 nitrogen and oxygen atoms in total. The highest BCUT2D eigenvalue weighted by atomic mass is 32.2. The summed E-state index contributed by atoms with van der Waals surface area (Å²) in [6.45, 7) is 2.26. The molecule has 2 N–H and O–H groups in total. The molecule has 1 aliphatic heterocycles. The monoisotopic (exact) mass is 318 g/mol. The van der Waals surface area contributed by atoms with Gasteiger partial charge in [0.05, 0.1) is 4.90 Å². The topological polar surface area (TPSA) is 79.5 Å². The highest BCUT2D eigenvalue weighted by Crippen LogP contribution is 2.21. The van der Waals surface area contributed by atoms with Crippen molar-refractivity contribution in [1.82, 2.24) is 9.29 Å². The summed E-state index contributed by atoms with van der Waals surface area (Å²) in [5.74, 6) is 0. The second kappa shape index (κ2) is 5.94. The van der Waals surface area contributed by atoms with Crippen molar-refractivity contribution in [3.8, 4) is 0 Å². The van der Waals surface area contributed by atoms with Crippen LogP contribution in [0, 0.1) is 0 Å². The van der Waals surface area contributed by atoms with Crippen molar-refractivity contribution in [2.24, 2.45) is 0 Å². The first-order chi connectivity index (χ1) is 10.6. The summed E-state index contributed by atoms with van der Waals surface area (Å²) >= 11 is 0. The molecule has 1 fully saturated rings. The van der Waals surface area contributed by atoms with E-state index in [-0.39, 0.29) is 0 Å². The Morgan fingerprint density at radius 1 is 0.909 bits per heavy atom. The maximum Gasteiger partial charge on any atom is 0.243 e. The Bertz CT molecular complexity index is 724. The van der Waals surface area contributed by atoms with Crippen LogP contribution in [0.1, 0.15) is 0 Å². The molecule has 3 rings (SSSR count). The molecule has 0 saturated carbocycles. The normalized spacial score (nSPS) is 16.6. The molecule has 116 valence electrons. The number of hydrogen-bond donors (Lipinski definition) is 1. The molecule has 0 radical (unpaired) electrons. The summed E-state index contributed by atoms with van der Waals surface area (Å²) in [7, 11) is -3.45. The van der Waals surface area contributed by atoms with Gasteiger partial charge in [-0.25, -0.2) is 8.42 Å². The molecule has 1 aromatic carbocycles. The van der Waals surface area contributed by atoms with Gasteiger partial charge in [0.2, 0.25) is 10.0 Å². The number of aromatic nitrogens is 1. The summed E-state index contributed by atoms with van der Waals surface area (Å²) in [5.41, 5.74) is 7.24. The first-order valence-corrected chi connectivity index (χ1v) is 8.52. The fourth-order valence-corrected chi connectivity index (χ4v) is 3.95. The maximum atomic E-state index is 12.6. The lowest BCUT2D eigenvalue weighted by Gasteiger charge is -2.35. The molecule has 1 aliphatic rings. The zero-order chi connectivity index (χ0) is 15.6. The number of rotatable bonds is 3. The molecule has 7 heteroatoms. The zero-order valence-corrected chi connectivity index (χ0v) is 12.9. The smallest absolute Gasteiger partial charge is 0.243 e. The Kier molecular flexibility index (Phi) is 4.00. The number of piperazine rings is 1. The van der Waals surface area contributed by atoms with E-state index in [0.717, 1.165) is 5.69 Å². The number of benzene rings is 1. The molecule has 1 saturated heterocycles. The second-order valence-corrected chi connectivity index (χ2v) is 7.10. The van der Waals surface area contributed by atoms with E-state index < -0.39 is 10.0 Å². The van der Waals surface area contributed by atoms with Gasteiger partial charge in [0.25, 0.3) is 0 Å². The zero-order valence-electron chi connectivity index (χ0n) is 12.1. The van der Waals surface area contributed by atoms with Crippen LogP contribution < -0.4 is 10.6 Å². The Labute approximate surface area is 130 Å². The Morgan fingerprint density at radius 3 is 2.09 bits per heavy atom. The number of nitrogens with zero attached hydrogens (tertiary/aromatic N) is 3. The van der Waals surface area contributed by atoms with Crippen LogP contribution in [0.4, 0.5) is 11.4 Å². The van der Waals surface area contributed by atoms with Crippen LogP contribution in [0.25, 0.3) is 0 Å². The molecular weight excluding hydrogens is 300 g/mol. The van der Waals surface area contributed by atoms with Crippen molar-refractivity contribution in [2.75, 3.05) is 36.8 Å². The maximum absolute atomic E-state index is 12.6. The lowest BCUT2D eigenvalue weighted by molar-refractivity contribution is 0.385. The third-order valence-electron chi connectivity index (χ3n) is 3.78. The first kappa shape index (κ1) is 14.8. The van der Waals surface area contributed by atoms with Crippen LogP contribution >= 0.6 is 0 Å². The number of nitrogens with two attached hydrogens (primary N) is 1. The van der Waals surface area contributed by atoms with E-state index in [0.29, 0.717) is 36.8 Å². The number of anilines is 2. The van der Waals surface area contributed by atoms with Gasteiger partial charge in [-0.3, -0.25) is 4.98 Å². The van der Waals surface area contributed by atoms with Crippen molar-refractivity contribution in [3.05, 3.63) is 48.8 Å². The molecular formula is C15H18N4O2S. The second-order valence-electron chi connectivity index (χ2n) is 5.17. The highest BCUT2D eigenvalue weighted by molar-refractivity contribution is 7.89. The van der Waals surface area contributed by atoms with Crippen molar-refractivity contribution < 1.29 is 8.42 Å². The molecule has 1 aromatic heterocycles. The largest absolute Gasteiger partial charge is 0.399 e. The molecule has 22 heavy (non-hydrogen) atoms. The predicted molar refractivity (Wildman–Crippen MR) is 86.1 cm³/mol. The fourth-order valence-electron chi connectivity index (χ4n) is 2.53. The van der Waals surface area contributed by atoms with Crippen LogP contribution in [0.3, 0.4) is 0 Å². The SMILES string of the molecule is Nc1ccc(S(=O)(=O)N2CCN(c3ccncc3)CC2)cc1. The Hall–Kier alpha value is -2.12. The van der Waals surface area contributed by atoms with Crippen molar-refractivity contribution in [2.45, 2.75) is 4.90 Å². The predicted octanol–water partition coefficient (Wildman–Crippen LogP) is 1.17. The quantitative estimate of drug-likeness (QED) is 0.860. The van der Waals surface area contributed by atoms with Gasteiger partial charge in [-0.15, -0.1) is 0 Å². The van der Waals surface area contributed by atoms with E-state index in [4.69, 9.17) is 5.73 Å². The Balaban J connectivity index is 1.72. The van der Waals surface area contributed by atoms with E-state index in [1.807, 2.05) is 12.1 Å². The minimum absolute atomic E-state index is 0.291. The van der Waals surface area contributed by atoms with Crippen molar-refractivity contribution in [1.29, 1.82) is 0 Å². The first-order valence-electron chi connectivity index (χ1n) is 7.08. The third-order valence-corrected chi connectivity index (χ3v) is 5.70. The number of hydrogen-bond acceptors (Lipinski definition) is 5. The van der Waals surface area contributed by atoms with Gasteiger partial charge in [-0.1, -0.05) is 0 Å². The van der Waals surface area contributed by atoms with Gasteiger partial charge in [-0.2, -0.15) is 4.31 Å². The van der Waals surface area contributed by atoms with E-state index >= 15 is 0 Å². The van der Waals surface area contributed by atoms with Gasteiger partial charge in [0, 0.05) is 49.9 Å². The number of nitrogen functional groups attached to an aromatic ring is 1. The van der Waals surface area contributed by atoms with E-state index in [1.54, 1.807) is 36.7 Å². The standard InChI is InChI=1S/C15H18N4O2S/c16-13-1-3-15(4-2-13)22(20,21)19-11-9-18(10-12-19)14-5-7-17-8-6-14/h1-8H,9-12,16H2. The average molecular weight is 318 g/mol. The van der Waals surface area contributed by atoms with Crippen LogP contribution in [0.15, 0.2) is 53.7 Å². The van der Waals surface area contributed by atoms with Gasteiger partial charge in [0.15, 0.2) is 0 Å². The molecule has 2 aromatic rings. The highest BCUT2D eigenvalue weighted by Gasteiger charge is 2.28. The van der Waals surface area contributed by atoms with Gasteiger partial charge < -0.3 is 10.6 Å². The van der Waals surface area contributed by atoms with E-state index in [9.17, 15) is 8.42 Å². The summed E-state index contributed by atoms with van der Waals surface area (Å²) < 4.78 is 26.7. The summed E-state index contributed by atoms with van der Waals surface area (Å²) in [4.78, 5) is 6.45. The summed E-state index contributed by atoms with van der Waals surface area (Å²) in [6.07, 6.45) is 3.49. The van der Waals surface area contributed by atoms with Crippen molar-refractivity contribution >= 4 is 21.4 Å². The molecule has 0 bridgehead atoms. The average Bonchev–Trinajstić information content (AvgIpc) is 2.56. The lowest BCUT2D eigenvalue weighted by Crippen LogP contribution is -2.48. The molecule has 0 spiro atoms. The van der Waals surface area contributed by atoms with E-state index in [2.05, 4.69) is 9.88 Å². The van der Waals surface area contributed by atoms with Crippen LogP contribution in [0.2, 0.25) is 0 Å². The van der Waals surface area contributed by atoms with Crippen molar-refractivity contribution in [3.63, 3.8) is 0 Å². The minimum atomic E-state index is -3.45. The van der Waals surface area contributed by atoms with Gasteiger partial charge >= 0.3 is 0 Å². The Morgan fingerprint density at radius 2 is 1.50 bits per heavy atom. The minimum Gasteiger partial charge on any atom is -0.399 e. The summed E-state index contributed by atoms with van der Waals surface area (Å²) in [5, 5.41) is 0. The van der Waals surface area contributed by atoms with Crippen LogP contribution in [0.5, 0.6) is 0 Å². The summed E-state index contributed by atoms with van der Waals surface area (Å²) in [6, 6.07) is 10.2. The molecule has 0 unspecified atom stereocenters.